The third kappa shape index (κ3) is 8.91. The molecule has 0 radical (unpaired) electrons. The van der Waals surface area contributed by atoms with Gasteiger partial charge in [0.2, 0.25) is 0 Å². The Kier molecular flexibility index (Phi) is 11.1. The lowest BCUT2D eigenvalue weighted by molar-refractivity contribution is 0.595. The molecule has 0 saturated carbocycles. The van der Waals surface area contributed by atoms with E-state index in [1.165, 1.54) is 11.1 Å². The minimum atomic E-state index is -3.14. The van der Waals surface area contributed by atoms with Gasteiger partial charge in [0, 0.05) is 30.8 Å². The van der Waals surface area contributed by atoms with Gasteiger partial charge in [-0.25, -0.2) is 8.42 Å². The highest BCUT2D eigenvalue weighted by Crippen LogP contribution is 2.14. The number of thiophene rings is 1. The summed E-state index contributed by atoms with van der Waals surface area (Å²) in [6, 6.07) is 11.3. The molecule has 0 saturated heterocycles. The van der Waals surface area contributed by atoms with Crippen molar-refractivity contribution in [2.45, 2.75) is 31.6 Å². The summed E-state index contributed by atoms with van der Waals surface area (Å²) < 4.78 is 23.0. The van der Waals surface area contributed by atoms with E-state index >= 15 is 0 Å². The number of guanidine groups is 1. The third-order valence-corrected chi connectivity index (χ3v) is 6.12. The molecule has 1 aromatic carbocycles. The molecule has 0 fully saturated rings. The van der Waals surface area contributed by atoms with E-state index in [0.717, 1.165) is 44.0 Å². The summed E-state index contributed by atoms with van der Waals surface area (Å²) in [6.45, 7) is 6.60. The number of nitrogens with zero attached hydrogens (tertiary/aromatic N) is 1. The molecule has 2 aromatic rings. The van der Waals surface area contributed by atoms with Crippen molar-refractivity contribution in [2.24, 2.45) is 10.9 Å². The van der Waals surface area contributed by atoms with Gasteiger partial charge in [-0.1, -0.05) is 25.1 Å². The number of sulfone groups is 1. The van der Waals surface area contributed by atoms with Gasteiger partial charge in [0.05, 0.1) is 4.90 Å². The van der Waals surface area contributed by atoms with Crippen molar-refractivity contribution < 1.29 is 8.42 Å². The summed E-state index contributed by atoms with van der Waals surface area (Å²) in [6.07, 6.45) is 3.08. The minimum absolute atomic E-state index is 0. The summed E-state index contributed by atoms with van der Waals surface area (Å²) in [5.74, 6) is 1.31. The Balaban J connectivity index is 0.00000392. The number of benzene rings is 1. The molecule has 1 atom stereocenters. The van der Waals surface area contributed by atoms with Crippen LogP contribution in [0.15, 0.2) is 51.7 Å². The van der Waals surface area contributed by atoms with Crippen LogP contribution in [0, 0.1) is 5.92 Å². The average Bonchev–Trinajstić information content (AvgIpc) is 3.12. The predicted molar refractivity (Wildman–Crippen MR) is 130 cm³/mol. The van der Waals surface area contributed by atoms with Crippen LogP contribution < -0.4 is 10.6 Å². The van der Waals surface area contributed by atoms with E-state index in [9.17, 15) is 8.42 Å². The van der Waals surface area contributed by atoms with Gasteiger partial charge in [-0.3, -0.25) is 4.99 Å². The fraction of sp³-hybridized carbons (Fsp3) is 0.450. The molecule has 0 aliphatic carbocycles. The van der Waals surface area contributed by atoms with E-state index in [1.807, 2.05) is 12.1 Å². The molecular formula is C20H30IN3O2S2. The Morgan fingerprint density at radius 3 is 2.46 bits per heavy atom. The second kappa shape index (κ2) is 12.4. The second-order valence-corrected chi connectivity index (χ2v) is 9.75. The van der Waals surface area contributed by atoms with Gasteiger partial charge in [0.25, 0.3) is 0 Å². The maximum absolute atomic E-state index is 11.5. The lowest BCUT2D eigenvalue weighted by Gasteiger charge is -2.13. The lowest BCUT2D eigenvalue weighted by atomic mass is 10.1. The summed E-state index contributed by atoms with van der Waals surface area (Å²) in [4.78, 5) is 6.44. The first-order valence-corrected chi connectivity index (χ1v) is 12.0. The fourth-order valence-corrected chi connectivity index (χ4v) is 4.15. The zero-order valence-corrected chi connectivity index (χ0v) is 20.6. The Morgan fingerprint density at radius 2 is 1.89 bits per heavy atom. The molecule has 156 valence electrons. The van der Waals surface area contributed by atoms with Gasteiger partial charge in [-0.2, -0.15) is 0 Å². The van der Waals surface area contributed by atoms with Crippen LogP contribution in [0.3, 0.4) is 0 Å². The van der Waals surface area contributed by atoms with Crippen LogP contribution in [0.25, 0.3) is 0 Å². The van der Waals surface area contributed by atoms with Crippen LogP contribution in [0.2, 0.25) is 0 Å². The fourth-order valence-electron chi connectivity index (χ4n) is 2.65. The lowest BCUT2D eigenvalue weighted by Crippen LogP contribution is -2.38. The van der Waals surface area contributed by atoms with Crippen LogP contribution in [-0.4, -0.2) is 40.3 Å². The minimum Gasteiger partial charge on any atom is -0.357 e. The van der Waals surface area contributed by atoms with Crippen molar-refractivity contribution in [3.8, 4) is 0 Å². The van der Waals surface area contributed by atoms with Crippen molar-refractivity contribution in [1.82, 2.24) is 10.6 Å². The van der Waals surface area contributed by atoms with Crippen LogP contribution in [-0.2, 0) is 22.7 Å². The molecule has 2 rings (SSSR count). The first-order chi connectivity index (χ1) is 12.9. The number of halogens is 1. The largest absolute Gasteiger partial charge is 0.357 e. The van der Waals surface area contributed by atoms with E-state index < -0.39 is 9.84 Å². The quantitative estimate of drug-likeness (QED) is 0.292. The molecule has 1 unspecified atom stereocenters. The molecule has 1 heterocycles. The molecule has 0 aliphatic heterocycles. The highest BCUT2D eigenvalue weighted by Gasteiger charge is 2.07. The molecule has 2 N–H and O–H groups in total. The Morgan fingerprint density at radius 1 is 1.18 bits per heavy atom. The zero-order valence-electron chi connectivity index (χ0n) is 16.6. The molecule has 28 heavy (non-hydrogen) atoms. The standard InChI is InChI=1S/C20H29N3O2S2.HI/c1-4-21-20(23-15-16(2)14-18-6-5-13-26-18)22-12-11-17-7-9-19(10-8-17)27(3,24)25;/h5-10,13,16H,4,11-12,14-15H2,1-3H3,(H2,21,22,23);1H. The normalized spacial score (nSPS) is 12.9. The molecular weight excluding hydrogens is 505 g/mol. The van der Waals surface area contributed by atoms with E-state index in [2.05, 4.69) is 42.0 Å². The van der Waals surface area contributed by atoms with Crippen LogP contribution in [0.1, 0.15) is 24.3 Å². The van der Waals surface area contributed by atoms with E-state index in [-0.39, 0.29) is 24.0 Å². The summed E-state index contributed by atoms with van der Waals surface area (Å²) >= 11 is 1.79. The van der Waals surface area contributed by atoms with Gasteiger partial charge >= 0.3 is 0 Å². The predicted octanol–water partition coefficient (Wildman–Crippen LogP) is 3.75. The monoisotopic (exact) mass is 535 g/mol. The average molecular weight is 536 g/mol. The number of nitrogens with one attached hydrogen (secondary N) is 2. The van der Waals surface area contributed by atoms with Gasteiger partial charge in [-0.15, -0.1) is 35.3 Å². The van der Waals surface area contributed by atoms with E-state index in [1.54, 1.807) is 23.5 Å². The van der Waals surface area contributed by atoms with Gasteiger partial charge in [-0.05, 0) is 54.8 Å². The Labute approximate surface area is 190 Å². The molecule has 0 spiro atoms. The first-order valence-electron chi connectivity index (χ1n) is 9.22. The Bertz CT molecular complexity index is 820. The van der Waals surface area contributed by atoms with Crippen molar-refractivity contribution in [3.05, 3.63) is 52.2 Å². The molecule has 0 amide bonds. The van der Waals surface area contributed by atoms with Gasteiger partial charge < -0.3 is 10.6 Å². The first kappa shape index (κ1) is 24.9. The topological polar surface area (TPSA) is 70.6 Å². The van der Waals surface area contributed by atoms with E-state index in [4.69, 9.17) is 4.99 Å². The van der Waals surface area contributed by atoms with Crippen LogP contribution in [0.5, 0.6) is 0 Å². The molecule has 0 aliphatic rings. The summed E-state index contributed by atoms with van der Waals surface area (Å²) in [5, 5.41) is 8.74. The van der Waals surface area contributed by atoms with Gasteiger partial charge in [0.1, 0.15) is 0 Å². The van der Waals surface area contributed by atoms with Crippen molar-refractivity contribution in [2.75, 3.05) is 25.9 Å². The maximum atomic E-state index is 11.5. The highest BCUT2D eigenvalue weighted by molar-refractivity contribution is 14.0. The number of hydrogen-bond donors (Lipinski definition) is 2. The van der Waals surface area contributed by atoms with Crippen LogP contribution >= 0.6 is 35.3 Å². The van der Waals surface area contributed by atoms with Crippen molar-refractivity contribution in [3.63, 3.8) is 0 Å². The summed E-state index contributed by atoms with van der Waals surface area (Å²) in [5.41, 5.74) is 1.09. The number of rotatable bonds is 9. The molecule has 1 aromatic heterocycles. The summed E-state index contributed by atoms with van der Waals surface area (Å²) in [7, 11) is -3.14. The molecule has 0 bridgehead atoms. The van der Waals surface area contributed by atoms with Gasteiger partial charge in [0.15, 0.2) is 15.8 Å². The van der Waals surface area contributed by atoms with Crippen molar-refractivity contribution in [1.29, 1.82) is 0 Å². The van der Waals surface area contributed by atoms with Crippen LogP contribution in [0.4, 0.5) is 0 Å². The SMILES string of the molecule is CCNC(=NCC(C)Cc1cccs1)NCCc1ccc(S(C)(=O)=O)cc1.I. The molecule has 5 nitrogen and oxygen atoms in total. The Hall–Kier alpha value is -1.13. The highest BCUT2D eigenvalue weighted by atomic mass is 127. The number of hydrogen-bond acceptors (Lipinski definition) is 4. The zero-order chi connectivity index (χ0) is 19.7. The van der Waals surface area contributed by atoms with E-state index in [0.29, 0.717) is 10.8 Å². The second-order valence-electron chi connectivity index (χ2n) is 6.70. The maximum Gasteiger partial charge on any atom is 0.191 e. The molecule has 8 heteroatoms. The van der Waals surface area contributed by atoms with Crippen molar-refractivity contribution >= 4 is 51.1 Å². The smallest absolute Gasteiger partial charge is 0.191 e. The third-order valence-electron chi connectivity index (χ3n) is 4.09. The number of aliphatic imine (C=N–C) groups is 1.